The molecule has 1 fully saturated rings. The Kier molecular flexibility index (Phi) is 5.85. The third kappa shape index (κ3) is 4.66. The molecule has 0 aliphatic heterocycles. The van der Waals surface area contributed by atoms with E-state index in [1.54, 1.807) is 24.7 Å². The van der Waals surface area contributed by atoms with Crippen LogP contribution in [0.15, 0.2) is 43.1 Å². The van der Waals surface area contributed by atoms with Crippen molar-refractivity contribution in [3.8, 4) is 11.3 Å². The third-order valence-electron chi connectivity index (χ3n) is 5.19. The van der Waals surface area contributed by atoms with Crippen molar-refractivity contribution in [3.63, 3.8) is 0 Å². The highest BCUT2D eigenvalue weighted by Gasteiger charge is 2.43. The number of alkyl halides is 1. The van der Waals surface area contributed by atoms with Crippen molar-refractivity contribution in [1.82, 2.24) is 19.9 Å². The molecule has 160 valence electrons. The SMILES string of the molecule is CCC(O)c1cc(C)c(Nc2ccncc2-c2cc(NC(=O)[C@H]3C[C@H]3F)ncn2)cn1. The lowest BCUT2D eigenvalue weighted by molar-refractivity contribution is -0.117. The number of aliphatic hydroxyl groups is 1. The number of rotatable bonds is 7. The van der Waals surface area contributed by atoms with Crippen LogP contribution >= 0.6 is 0 Å². The van der Waals surface area contributed by atoms with Crippen LogP contribution in [0.1, 0.15) is 37.1 Å². The first-order valence-corrected chi connectivity index (χ1v) is 10.1. The number of aliphatic hydroxyl groups excluding tert-OH is 1. The fourth-order valence-corrected chi connectivity index (χ4v) is 3.18. The first kappa shape index (κ1) is 20.8. The molecule has 3 aromatic rings. The van der Waals surface area contributed by atoms with Crippen molar-refractivity contribution >= 4 is 23.1 Å². The summed E-state index contributed by atoms with van der Waals surface area (Å²) < 4.78 is 13.1. The Labute approximate surface area is 179 Å². The number of aromatic nitrogens is 4. The minimum atomic E-state index is -1.07. The molecule has 0 bridgehead atoms. The van der Waals surface area contributed by atoms with E-state index in [-0.39, 0.29) is 12.3 Å². The Bertz CT molecular complexity index is 1110. The molecule has 8 nitrogen and oxygen atoms in total. The van der Waals surface area contributed by atoms with Gasteiger partial charge in [0.1, 0.15) is 18.3 Å². The van der Waals surface area contributed by atoms with Gasteiger partial charge in [-0.25, -0.2) is 14.4 Å². The van der Waals surface area contributed by atoms with Crippen LogP contribution < -0.4 is 10.6 Å². The van der Waals surface area contributed by atoms with E-state index in [9.17, 15) is 14.3 Å². The molecule has 0 radical (unpaired) electrons. The topological polar surface area (TPSA) is 113 Å². The molecule has 1 aliphatic rings. The molecule has 3 N–H and O–H groups in total. The largest absolute Gasteiger partial charge is 0.387 e. The fourth-order valence-electron chi connectivity index (χ4n) is 3.18. The molecule has 9 heteroatoms. The fraction of sp³-hybridized carbons (Fsp3) is 0.318. The van der Waals surface area contributed by atoms with E-state index < -0.39 is 18.2 Å². The summed E-state index contributed by atoms with van der Waals surface area (Å²) in [5.41, 5.74) is 4.34. The molecule has 1 amide bonds. The number of pyridine rings is 2. The van der Waals surface area contributed by atoms with Gasteiger partial charge in [0.05, 0.1) is 41.0 Å². The van der Waals surface area contributed by atoms with Gasteiger partial charge in [0.2, 0.25) is 5.91 Å². The number of halogens is 1. The van der Waals surface area contributed by atoms with Crippen molar-refractivity contribution in [2.24, 2.45) is 5.92 Å². The molecule has 0 spiro atoms. The van der Waals surface area contributed by atoms with E-state index in [4.69, 9.17) is 0 Å². The van der Waals surface area contributed by atoms with Gasteiger partial charge in [0, 0.05) is 24.0 Å². The zero-order chi connectivity index (χ0) is 22.0. The van der Waals surface area contributed by atoms with Crippen molar-refractivity contribution in [2.45, 2.75) is 39.0 Å². The highest BCUT2D eigenvalue weighted by Crippen LogP contribution is 2.35. The molecule has 4 rings (SSSR count). The number of carbonyl (C=O) groups excluding carboxylic acids is 1. The molecule has 1 saturated carbocycles. The molecule has 3 aromatic heterocycles. The average Bonchev–Trinajstić information content (AvgIpc) is 3.52. The van der Waals surface area contributed by atoms with Crippen LogP contribution in [0, 0.1) is 12.8 Å². The van der Waals surface area contributed by atoms with Crippen molar-refractivity contribution in [2.75, 3.05) is 10.6 Å². The van der Waals surface area contributed by atoms with E-state index in [0.29, 0.717) is 29.2 Å². The van der Waals surface area contributed by atoms with Gasteiger partial charge < -0.3 is 15.7 Å². The Morgan fingerprint density at radius 1 is 1.26 bits per heavy atom. The molecule has 0 aromatic carbocycles. The minimum absolute atomic E-state index is 0.252. The van der Waals surface area contributed by atoms with Crippen LogP contribution in [0.25, 0.3) is 11.3 Å². The summed E-state index contributed by atoms with van der Waals surface area (Å²) in [5.74, 6) is -0.670. The number of nitrogens with one attached hydrogen (secondary N) is 2. The summed E-state index contributed by atoms with van der Waals surface area (Å²) in [6, 6.07) is 5.29. The average molecular weight is 422 g/mol. The molecule has 3 heterocycles. The van der Waals surface area contributed by atoms with Gasteiger partial charge in [-0.15, -0.1) is 0 Å². The number of amides is 1. The normalized spacial score (nSPS) is 18.3. The van der Waals surface area contributed by atoms with Gasteiger partial charge in [-0.05, 0) is 37.5 Å². The lowest BCUT2D eigenvalue weighted by atomic mass is 10.1. The second-order valence-electron chi connectivity index (χ2n) is 7.53. The van der Waals surface area contributed by atoms with Crippen molar-refractivity contribution < 1.29 is 14.3 Å². The predicted molar refractivity (Wildman–Crippen MR) is 114 cm³/mol. The lowest BCUT2D eigenvalue weighted by Crippen LogP contribution is -2.16. The summed E-state index contributed by atoms with van der Waals surface area (Å²) >= 11 is 0. The lowest BCUT2D eigenvalue weighted by Gasteiger charge is -2.15. The van der Waals surface area contributed by atoms with E-state index >= 15 is 0 Å². The van der Waals surface area contributed by atoms with Gasteiger partial charge in [-0.1, -0.05) is 6.92 Å². The van der Waals surface area contributed by atoms with Gasteiger partial charge >= 0.3 is 0 Å². The maximum Gasteiger partial charge on any atom is 0.231 e. The Balaban J connectivity index is 1.58. The molecule has 31 heavy (non-hydrogen) atoms. The second kappa shape index (κ2) is 8.73. The third-order valence-corrected chi connectivity index (χ3v) is 5.19. The number of carbonyl (C=O) groups is 1. The zero-order valence-corrected chi connectivity index (χ0v) is 17.2. The summed E-state index contributed by atoms with van der Waals surface area (Å²) in [6.07, 6.45) is 5.51. The predicted octanol–water partition coefficient (Wildman–Crippen LogP) is 3.73. The molecule has 0 saturated heterocycles. The quantitative estimate of drug-likeness (QED) is 0.532. The standard InChI is InChI=1S/C22H23FN6O2/c1-3-20(30)18-6-12(2)19(10-25-18)28-16-4-5-24-9-14(16)17-8-21(27-11-26-17)29-22(31)13-7-15(13)23/h4-6,8-11,13,15,20,30H,3,7H2,1-2H3,(H,24,28)(H,26,27,29,31)/t13-,15+,20?/m0/s1. The molecule has 3 atom stereocenters. The Morgan fingerprint density at radius 2 is 2.06 bits per heavy atom. The highest BCUT2D eigenvalue weighted by atomic mass is 19.1. The van der Waals surface area contributed by atoms with Crippen LogP contribution in [-0.4, -0.2) is 37.1 Å². The Hall–Kier alpha value is -3.46. The highest BCUT2D eigenvalue weighted by molar-refractivity contribution is 5.94. The van der Waals surface area contributed by atoms with Crippen LogP contribution in [0.5, 0.6) is 0 Å². The monoisotopic (exact) mass is 422 g/mol. The summed E-state index contributed by atoms with van der Waals surface area (Å²) in [6.45, 7) is 3.83. The van der Waals surface area contributed by atoms with E-state index in [1.807, 2.05) is 26.0 Å². The Morgan fingerprint density at radius 3 is 2.77 bits per heavy atom. The smallest absolute Gasteiger partial charge is 0.231 e. The minimum Gasteiger partial charge on any atom is -0.387 e. The number of nitrogens with zero attached hydrogens (tertiary/aromatic N) is 4. The maximum absolute atomic E-state index is 13.1. The number of hydrogen-bond donors (Lipinski definition) is 3. The second-order valence-corrected chi connectivity index (χ2v) is 7.53. The number of aryl methyl sites for hydroxylation is 1. The van der Waals surface area contributed by atoms with Crippen LogP contribution in [-0.2, 0) is 4.79 Å². The van der Waals surface area contributed by atoms with Crippen molar-refractivity contribution in [3.05, 3.63) is 54.4 Å². The van der Waals surface area contributed by atoms with Crippen LogP contribution in [0.3, 0.4) is 0 Å². The van der Waals surface area contributed by atoms with Crippen LogP contribution in [0.2, 0.25) is 0 Å². The van der Waals surface area contributed by atoms with Crippen LogP contribution in [0.4, 0.5) is 21.6 Å². The molecule has 1 unspecified atom stereocenters. The first-order valence-electron chi connectivity index (χ1n) is 10.1. The van der Waals surface area contributed by atoms with Gasteiger partial charge in [-0.3, -0.25) is 14.8 Å². The molecule has 1 aliphatic carbocycles. The maximum atomic E-state index is 13.1. The van der Waals surface area contributed by atoms with Crippen molar-refractivity contribution in [1.29, 1.82) is 0 Å². The summed E-state index contributed by atoms with van der Waals surface area (Å²) in [7, 11) is 0. The van der Waals surface area contributed by atoms with Gasteiger partial charge in [0.25, 0.3) is 0 Å². The van der Waals surface area contributed by atoms with E-state index in [1.165, 1.54) is 6.33 Å². The first-order chi connectivity index (χ1) is 15.0. The summed E-state index contributed by atoms with van der Waals surface area (Å²) in [4.78, 5) is 28.9. The number of hydrogen-bond acceptors (Lipinski definition) is 7. The molecular formula is C22H23FN6O2. The molecular weight excluding hydrogens is 399 g/mol. The van der Waals surface area contributed by atoms with Gasteiger partial charge in [0.15, 0.2) is 0 Å². The summed E-state index contributed by atoms with van der Waals surface area (Å²) in [5, 5.41) is 16.0. The van der Waals surface area contributed by atoms with Gasteiger partial charge in [-0.2, -0.15) is 0 Å². The zero-order valence-electron chi connectivity index (χ0n) is 17.2. The van der Waals surface area contributed by atoms with E-state index in [2.05, 4.69) is 30.6 Å². The van der Waals surface area contributed by atoms with E-state index in [0.717, 1.165) is 16.9 Å². The number of anilines is 3.